The van der Waals surface area contributed by atoms with Crippen molar-refractivity contribution in [1.29, 1.82) is 0 Å². The van der Waals surface area contributed by atoms with Crippen LogP contribution in [-0.4, -0.2) is 26.2 Å². The van der Waals surface area contributed by atoms with Crippen molar-refractivity contribution in [3.05, 3.63) is 30.3 Å². The van der Waals surface area contributed by atoms with Crippen LogP contribution < -0.4 is 10.2 Å². The SMILES string of the molecule is CC(C)C1CCC(NCCCN(C)c2ccccc2)CC1. The third-order valence-electron chi connectivity index (χ3n) is 5.01. The fourth-order valence-electron chi connectivity index (χ4n) is 3.42. The number of hydrogen-bond acceptors (Lipinski definition) is 2. The van der Waals surface area contributed by atoms with E-state index in [4.69, 9.17) is 0 Å². The van der Waals surface area contributed by atoms with Gasteiger partial charge in [-0.3, -0.25) is 0 Å². The van der Waals surface area contributed by atoms with Crippen molar-refractivity contribution < 1.29 is 0 Å². The molecular weight excluding hydrogens is 256 g/mol. The van der Waals surface area contributed by atoms with Gasteiger partial charge < -0.3 is 10.2 Å². The maximum atomic E-state index is 3.76. The van der Waals surface area contributed by atoms with Gasteiger partial charge in [0.1, 0.15) is 0 Å². The van der Waals surface area contributed by atoms with Gasteiger partial charge in [-0.1, -0.05) is 32.0 Å². The summed E-state index contributed by atoms with van der Waals surface area (Å²) < 4.78 is 0. The molecule has 0 spiro atoms. The number of rotatable bonds is 7. The molecule has 0 aromatic heterocycles. The van der Waals surface area contributed by atoms with E-state index in [2.05, 4.69) is 61.4 Å². The Bertz CT molecular complexity index is 380. The van der Waals surface area contributed by atoms with Crippen LogP contribution in [0.3, 0.4) is 0 Å². The quantitative estimate of drug-likeness (QED) is 0.752. The zero-order valence-electron chi connectivity index (χ0n) is 14.0. The average molecular weight is 288 g/mol. The molecule has 2 nitrogen and oxygen atoms in total. The van der Waals surface area contributed by atoms with Crippen molar-refractivity contribution in [3.63, 3.8) is 0 Å². The summed E-state index contributed by atoms with van der Waals surface area (Å²) in [6, 6.07) is 11.4. The zero-order chi connectivity index (χ0) is 15.1. The van der Waals surface area contributed by atoms with Gasteiger partial charge in [0.05, 0.1) is 0 Å². The van der Waals surface area contributed by atoms with E-state index < -0.39 is 0 Å². The molecule has 1 N–H and O–H groups in total. The average Bonchev–Trinajstić information content (AvgIpc) is 2.52. The lowest BCUT2D eigenvalue weighted by atomic mass is 9.80. The molecule has 1 aromatic carbocycles. The van der Waals surface area contributed by atoms with Gasteiger partial charge in [0, 0.05) is 25.3 Å². The van der Waals surface area contributed by atoms with Crippen LogP contribution in [0.25, 0.3) is 0 Å². The van der Waals surface area contributed by atoms with Crippen LogP contribution in [0.15, 0.2) is 30.3 Å². The Balaban J connectivity index is 1.58. The zero-order valence-corrected chi connectivity index (χ0v) is 14.0. The highest BCUT2D eigenvalue weighted by Crippen LogP contribution is 2.29. The second-order valence-corrected chi connectivity index (χ2v) is 6.92. The van der Waals surface area contributed by atoms with Gasteiger partial charge >= 0.3 is 0 Å². The van der Waals surface area contributed by atoms with Crippen molar-refractivity contribution >= 4 is 5.69 Å². The van der Waals surface area contributed by atoms with Gasteiger partial charge in [-0.25, -0.2) is 0 Å². The Labute approximate surface area is 130 Å². The van der Waals surface area contributed by atoms with Gasteiger partial charge in [-0.2, -0.15) is 0 Å². The molecule has 0 amide bonds. The molecule has 0 bridgehead atoms. The van der Waals surface area contributed by atoms with Gasteiger partial charge in [0.25, 0.3) is 0 Å². The lowest BCUT2D eigenvalue weighted by Crippen LogP contribution is -2.35. The van der Waals surface area contributed by atoms with Crippen LogP contribution in [0.5, 0.6) is 0 Å². The number of hydrogen-bond donors (Lipinski definition) is 1. The molecule has 1 saturated carbocycles. The Morgan fingerprint density at radius 1 is 1.10 bits per heavy atom. The van der Waals surface area contributed by atoms with E-state index in [0.717, 1.165) is 31.0 Å². The molecular formula is C19H32N2. The van der Waals surface area contributed by atoms with Gasteiger partial charge in [-0.05, 0) is 62.6 Å². The number of para-hydroxylation sites is 1. The van der Waals surface area contributed by atoms with Crippen molar-refractivity contribution in [3.8, 4) is 0 Å². The number of benzene rings is 1. The fraction of sp³-hybridized carbons (Fsp3) is 0.684. The molecule has 2 heteroatoms. The molecule has 1 aliphatic rings. The minimum atomic E-state index is 0.766. The van der Waals surface area contributed by atoms with Crippen molar-refractivity contribution in [2.24, 2.45) is 11.8 Å². The van der Waals surface area contributed by atoms with Crippen LogP contribution in [-0.2, 0) is 0 Å². The van der Waals surface area contributed by atoms with E-state index in [1.807, 2.05) is 0 Å². The first-order valence-corrected chi connectivity index (χ1v) is 8.66. The summed E-state index contributed by atoms with van der Waals surface area (Å²) in [6.45, 7) is 7.02. The molecule has 1 fully saturated rings. The molecule has 0 heterocycles. The topological polar surface area (TPSA) is 15.3 Å². The van der Waals surface area contributed by atoms with Gasteiger partial charge in [0.15, 0.2) is 0 Å². The molecule has 0 unspecified atom stereocenters. The van der Waals surface area contributed by atoms with E-state index >= 15 is 0 Å². The van der Waals surface area contributed by atoms with Crippen LogP contribution in [0, 0.1) is 11.8 Å². The summed E-state index contributed by atoms with van der Waals surface area (Å²) in [4.78, 5) is 2.34. The van der Waals surface area contributed by atoms with Gasteiger partial charge in [0.2, 0.25) is 0 Å². The number of anilines is 1. The molecule has 1 aromatic rings. The second kappa shape index (κ2) is 8.43. The first kappa shape index (κ1) is 16.4. The number of nitrogens with one attached hydrogen (secondary N) is 1. The molecule has 21 heavy (non-hydrogen) atoms. The summed E-state index contributed by atoms with van der Waals surface area (Å²) in [6.07, 6.45) is 6.79. The standard InChI is InChI=1S/C19H32N2/c1-16(2)17-10-12-18(13-11-17)20-14-7-15-21(3)19-8-5-4-6-9-19/h4-6,8-9,16-18,20H,7,10-15H2,1-3H3. The van der Waals surface area contributed by atoms with Crippen molar-refractivity contribution in [2.45, 2.75) is 52.0 Å². The predicted octanol–water partition coefficient (Wildman–Crippen LogP) is 4.32. The first-order chi connectivity index (χ1) is 10.2. The monoisotopic (exact) mass is 288 g/mol. The lowest BCUT2D eigenvalue weighted by Gasteiger charge is -2.31. The largest absolute Gasteiger partial charge is 0.375 e. The molecule has 0 aliphatic heterocycles. The maximum Gasteiger partial charge on any atom is 0.0363 e. The smallest absolute Gasteiger partial charge is 0.0363 e. The third-order valence-corrected chi connectivity index (χ3v) is 5.01. The van der Waals surface area contributed by atoms with E-state index in [1.165, 1.54) is 37.8 Å². The maximum absolute atomic E-state index is 3.76. The van der Waals surface area contributed by atoms with Crippen LogP contribution in [0.1, 0.15) is 46.0 Å². The van der Waals surface area contributed by atoms with E-state index in [-0.39, 0.29) is 0 Å². The van der Waals surface area contributed by atoms with E-state index in [9.17, 15) is 0 Å². The Morgan fingerprint density at radius 2 is 1.76 bits per heavy atom. The molecule has 0 atom stereocenters. The molecule has 118 valence electrons. The summed E-state index contributed by atoms with van der Waals surface area (Å²) in [5.74, 6) is 1.83. The lowest BCUT2D eigenvalue weighted by molar-refractivity contribution is 0.239. The Hall–Kier alpha value is -1.02. The highest BCUT2D eigenvalue weighted by molar-refractivity contribution is 5.44. The first-order valence-electron chi connectivity index (χ1n) is 8.66. The van der Waals surface area contributed by atoms with Crippen LogP contribution in [0.2, 0.25) is 0 Å². The molecule has 2 rings (SSSR count). The normalized spacial score (nSPS) is 22.5. The molecule has 0 saturated heterocycles. The fourth-order valence-corrected chi connectivity index (χ4v) is 3.42. The minimum Gasteiger partial charge on any atom is -0.375 e. The highest BCUT2D eigenvalue weighted by atomic mass is 15.1. The third kappa shape index (κ3) is 5.35. The number of nitrogens with zero attached hydrogens (tertiary/aromatic N) is 1. The second-order valence-electron chi connectivity index (χ2n) is 6.92. The summed E-state index contributed by atoms with van der Waals surface area (Å²) in [7, 11) is 2.18. The summed E-state index contributed by atoms with van der Waals surface area (Å²) in [5, 5.41) is 3.76. The Morgan fingerprint density at radius 3 is 2.38 bits per heavy atom. The predicted molar refractivity (Wildman–Crippen MR) is 92.9 cm³/mol. The van der Waals surface area contributed by atoms with Crippen molar-refractivity contribution in [1.82, 2.24) is 5.32 Å². The highest BCUT2D eigenvalue weighted by Gasteiger charge is 2.22. The molecule has 0 radical (unpaired) electrons. The van der Waals surface area contributed by atoms with Crippen LogP contribution >= 0.6 is 0 Å². The summed E-state index contributed by atoms with van der Waals surface area (Å²) >= 11 is 0. The minimum absolute atomic E-state index is 0.766. The van der Waals surface area contributed by atoms with E-state index in [0.29, 0.717) is 0 Å². The van der Waals surface area contributed by atoms with Gasteiger partial charge in [-0.15, -0.1) is 0 Å². The summed E-state index contributed by atoms with van der Waals surface area (Å²) in [5.41, 5.74) is 1.31. The van der Waals surface area contributed by atoms with E-state index in [1.54, 1.807) is 0 Å². The Kier molecular flexibility index (Phi) is 6.56. The van der Waals surface area contributed by atoms with Crippen molar-refractivity contribution in [2.75, 3.05) is 25.0 Å². The van der Waals surface area contributed by atoms with Crippen LogP contribution in [0.4, 0.5) is 5.69 Å². The molecule has 1 aliphatic carbocycles.